The highest BCUT2D eigenvalue weighted by Crippen LogP contribution is 2.23. The van der Waals surface area contributed by atoms with Crippen molar-refractivity contribution in [3.63, 3.8) is 0 Å². The average Bonchev–Trinajstić information content (AvgIpc) is 2.56. The molecule has 0 aliphatic rings. The standard InChI is InChI=1S/C20H23ClN2O3/c1-12-7-13(2)20(14(3)8-12)23-19(25)11-22-18(24)10-15-9-16(21)5-6-17(15)26-4/h5-9H,10-11H2,1-4H3,(H,22,24)(H,23,25). The molecule has 0 heterocycles. The van der Waals surface area contributed by atoms with Gasteiger partial charge in [0.15, 0.2) is 0 Å². The van der Waals surface area contributed by atoms with E-state index in [0.717, 1.165) is 22.4 Å². The highest BCUT2D eigenvalue weighted by Gasteiger charge is 2.12. The fourth-order valence-electron chi connectivity index (χ4n) is 2.86. The van der Waals surface area contributed by atoms with E-state index in [9.17, 15) is 9.59 Å². The van der Waals surface area contributed by atoms with Crippen LogP contribution in [0.2, 0.25) is 5.02 Å². The van der Waals surface area contributed by atoms with Crippen LogP contribution in [0.5, 0.6) is 5.75 Å². The summed E-state index contributed by atoms with van der Waals surface area (Å²) in [5.74, 6) is 0.0319. The molecule has 0 atom stereocenters. The second-order valence-electron chi connectivity index (χ2n) is 6.23. The first kappa shape index (κ1) is 19.8. The van der Waals surface area contributed by atoms with Crippen LogP contribution in [0.25, 0.3) is 0 Å². The molecule has 6 heteroatoms. The summed E-state index contributed by atoms with van der Waals surface area (Å²) >= 11 is 5.96. The van der Waals surface area contributed by atoms with Crippen molar-refractivity contribution in [1.82, 2.24) is 5.32 Å². The van der Waals surface area contributed by atoms with Crippen LogP contribution in [-0.4, -0.2) is 25.5 Å². The molecule has 2 N–H and O–H groups in total. The van der Waals surface area contributed by atoms with Gasteiger partial charge < -0.3 is 15.4 Å². The number of amides is 2. The van der Waals surface area contributed by atoms with Crippen LogP contribution < -0.4 is 15.4 Å². The Bertz CT molecular complexity index is 811. The molecule has 5 nitrogen and oxygen atoms in total. The summed E-state index contributed by atoms with van der Waals surface area (Å²) in [6, 6.07) is 9.10. The highest BCUT2D eigenvalue weighted by molar-refractivity contribution is 6.30. The normalized spacial score (nSPS) is 10.3. The summed E-state index contributed by atoms with van der Waals surface area (Å²) in [6.07, 6.45) is 0.0829. The quantitative estimate of drug-likeness (QED) is 0.812. The van der Waals surface area contributed by atoms with Gasteiger partial charge in [-0.3, -0.25) is 9.59 Å². The van der Waals surface area contributed by atoms with E-state index in [2.05, 4.69) is 10.6 Å². The number of benzene rings is 2. The van der Waals surface area contributed by atoms with Gasteiger partial charge in [0.25, 0.3) is 0 Å². The molecule has 0 saturated carbocycles. The second kappa shape index (κ2) is 8.72. The Kier molecular flexibility index (Phi) is 6.64. The number of rotatable bonds is 6. The average molecular weight is 375 g/mol. The van der Waals surface area contributed by atoms with Crippen molar-refractivity contribution in [3.05, 3.63) is 57.6 Å². The molecule has 26 heavy (non-hydrogen) atoms. The Morgan fingerprint density at radius 3 is 2.31 bits per heavy atom. The van der Waals surface area contributed by atoms with Gasteiger partial charge in [0.2, 0.25) is 11.8 Å². The monoisotopic (exact) mass is 374 g/mol. The summed E-state index contributed by atoms with van der Waals surface area (Å²) in [5, 5.41) is 6.00. The highest BCUT2D eigenvalue weighted by atomic mass is 35.5. The van der Waals surface area contributed by atoms with Crippen molar-refractivity contribution in [1.29, 1.82) is 0 Å². The van der Waals surface area contributed by atoms with Crippen LogP contribution in [0.1, 0.15) is 22.3 Å². The fourth-order valence-corrected chi connectivity index (χ4v) is 3.06. The zero-order valence-electron chi connectivity index (χ0n) is 15.4. The lowest BCUT2D eigenvalue weighted by Gasteiger charge is -2.13. The summed E-state index contributed by atoms with van der Waals surface area (Å²) in [5.41, 5.74) is 4.58. The lowest BCUT2D eigenvalue weighted by Crippen LogP contribution is -2.34. The molecule has 2 rings (SSSR count). The molecular formula is C20H23ClN2O3. The number of nitrogens with one attached hydrogen (secondary N) is 2. The van der Waals surface area contributed by atoms with Gasteiger partial charge in [-0.05, 0) is 50.1 Å². The minimum atomic E-state index is -0.280. The van der Waals surface area contributed by atoms with Crippen LogP contribution in [0.3, 0.4) is 0 Å². The van der Waals surface area contributed by atoms with Gasteiger partial charge in [0, 0.05) is 16.3 Å². The number of methoxy groups -OCH3 is 1. The Balaban J connectivity index is 1.94. The maximum atomic E-state index is 12.2. The van der Waals surface area contributed by atoms with Gasteiger partial charge >= 0.3 is 0 Å². The molecule has 0 spiro atoms. The number of anilines is 1. The summed E-state index contributed by atoms with van der Waals surface area (Å²) in [7, 11) is 1.53. The van der Waals surface area contributed by atoms with Crippen LogP contribution in [0, 0.1) is 20.8 Å². The molecule has 2 amide bonds. The third-order valence-electron chi connectivity index (χ3n) is 3.98. The third kappa shape index (κ3) is 5.23. The molecule has 138 valence electrons. The second-order valence-corrected chi connectivity index (χ2v) is 6.67. The maximum absolute atomic E-state index is 12.2. The molecule has 0 bridgehead atoms. The van der Waals surface area contributed by atoms with Gasteiger partial charge in [0.1, 0.15) is 5.75 Å². The number of hydrogen-bond donors (Lipinski definition) is 2. The predicted octanol–water partition coefficient (Wildman–Crippen LogP) is 3.57. The van der Waals surface area contributed by atoms with Crippen molar-refractivity contribution in [3.8, 4) is 5.75 Å². The van der Waals surface area contributed by atoms with Crippen LogP contribution in [0.15, 0.2) is 30.3 Å². The molecule has 2 aromatic carbocycles. The van der Waals surface area contributed by atoms with E-state index >= 15 is 0 Å². The van der Waals surface area contributed by atoms with E-state index in [1.165, 1.54) is 7.11 Å². The first-order valence-electron chi connectivity index (χ1n) is 8.27. The molecular weight excluding hydrogens is 352 g/mol. The molecule has 0 aliphatic carbocycles. The third-order valence-corrected chi connectivity index (χ3v) is 4.22. The zero-order valence-corrected chi connectivity index (χ0v) is 16.2. The Morgan fingerprint density at radius 2 is 1.69 bits per heavy atom. The number of carbonyl (C=O) groups is 2. The number of carbonyl (C=O) groups excluding carboxylic acids is 2. The van der Waals surface area contributed by atoms with Gasteiger partial charge in [-0.15, -0.1) is 0 Å². The number of halogens is 1. The molecule has 0 radical (unpaired) electrons. The Labute approximate surface area is 158 Å². The fraction of sp³-hybridized carbons (Fsp3) is 0.300. The number of hydrogen-bond acceptors (Lipinski definition) is 3. The van der Waals surface area contributed by atoms with E-state index in [1.807, 2.05) is 32.9 Å². The van der Waals surface area contributed by atoms with E-state index in [0.29, 0.717) is 16.3 Å². The smallest absolute Gasteiger partial charge is 0.243 e. The molecule has 0 unspecified atom stereocenters. The van der Waals surface area contributed by atoms with Crippen molar-refractivity contribution in [2.75, 3.05) is 19.0 Å². The van der Waals surface area contributed by atoms with E-state index in [-0.39, 0.29) is 24.8 Å². The van der Waals surface area contributed by atoms with Gasteiger partial charge in [-0.25, -0.2) is 0 Å². The first-order chi connectivity index (χ1) is 12.3. The number of ether oxygens (including phenoxy) is 1. The van der Waals surface area contributed by atoms with Gasteiger partial charge in [-0.1, -0.05) is 29.3 Å². The zero-order chi connectivity index (χ0) is 19.3. The predicted molar refractivity (Wildman–Crippen MR) is 104 cm³/mol. The van der Waals surface area contributed by atoms with E-state index in [1.54, 1.807) is 18.2 Å². The van der Waals surface area contributed by atoms with Crippen LogP contribution in [0.4, 0.5) is 5.69 Å². The lowest BCUT2D eigenvalue weighted by atomic mass is 10.1. The minimum absolute atomic E-state index is 0.0829. The Hall–Kier alpha value is -2.53. The minimum Gasteiger partial charge on any atom is -0.496 e. The van der Waals surface area contributed by atoms with Crippen molar-refractivity contribution >= 4 is 29.1 Å². The van der Waals surface area contributed by atoms with Crippen molar-refractivity contribution in [2.24, 2.45) is 0 Å². The molecule has 0 aliphatic heterocycles. The summed E-state index contributed by atoms with van der Waals surface area (Å²) < 4.78 is 5.22. The van der Waals surface area contributed by atoms with E-state index in [4.69, 9.17) is 16.3 Å². The maximum Gasteiger partial charge on any atom is 0.243 e. The lowest BCUT2D eigenvalue weighted by molar-refractivity contribution is -0.123. The number of aryl methyl sites for hydroxylation is 3. The molecule has 0 fully saturated rings. The Morgan fingerprint density at radius 1 is 1.04 bits per heavy atom. The molecule has 0 aromatic heterocycles. The van der Waals surface area contributed by atoms with Gasteiger partial charge in [0.05, 0.1) is 20.1 Å². The van der Waals surface area contributed by atoms with Crippen LogP contribution in [-0.2, 0) is 16.0 Å². The summed E-state index contributed by atoms with van der Waals surface area (Å²) in [6.45, 7) is 5.80. The SMILES string of the molecule is COc1ccc(Cl)cc1CC(=O)NCC(=O)Nc1c(C)cc(C)cc1C. The van der Waals surface area contributed by atoms with Crippen LogP contribution >= 0.6 is 11.6 Å². The topological polar surface area (TPSA) is 67.4 Å². The van der Waals surface area contributed by atoms with Gasteiger partial charge in [-0.2, -0.15) is 0 Å². The molecule has 0 saturated heterocycles. The molecule has 2 aromatic rings. The van der Waals surface area contributed by atoms with Crippen molar-refractivity contribution in [2.45, 2.75) is 27.2 Å². The van der Waals surface area contributed by atoms with Crippen molar-refractivity contribution < 1.29 is 14.3 Å². The van der Waals surface area contributed by atoms with E-state index < -0.39 is 0 Å². The first-order valence-corrected chi connectivity index (χ1v) is 8.64. The summed E-state index contributed by atoms with van der Waals surface area (Å²) in [4.78, 5) is 24.3. The largest absolute Gasteiger partial charge is 0.496 e.